The van der Waals surface area contributed by atoms with Crippen LogP contribution in [0.1, 0.15) is 71.2 Å². The van der Waals surface area contributed by atoms with Crippen molar-refractivity contribution in [3.05, 3.63) is 112 Å². The lowest BCUT2D eigenvalue weighted by Gasteiger charge is -2.32. The fraction of sp³-hybridized carbons (Fsp3) is 0.200. The number of hydrogen-bond acceptors (Lipinski definition) is 6. The number of hydrogen-bond donors (Lipinski definition) is 1. The normalized spacial score (nSPS) is 15.9. The number of fused-ring (bicyclic) bond motifs is 2. The minimum atomic E-state index is -0.598. The Bertz CT molecular complexity index is 1710. The fourth-order valence-corrected chi connectivity index (χ4v) is 4.80. The highest BCUT2D eigenvalue weighted by atomic mass is 16.5. The summed E-state index contributed by atoms with van der Waals surface area (Å²) in [6.07, 6.45) is 10.8. The van der Waals surface area contributed by atoms with E-state index in [0.29, 0.717) is 22.6 Å². The van der Waals surface area contributed by atoms with Crippen molar-refractivity contribution in [2.45, 2.75) is 39.2 Å². The highest BCUT2D eigenvalue weighted by molar-refractivity contribution is 6.11. The Balaban J connectivity index is 1.36. The van der Waals surface area contributed by atoms with E-state index >= 15 is 0 Å². The Kier molecular flexibility index (Phi) is 7.66. The van der Waals surface area contributed by atoms with Crippen molar-refractivity contribution in [2.24, 2.45) is 0 Å². The first kappa shape index (κ1) is 27.7. The van der Waals surface area contributed by atoms with Crippen LogP contribution in [0.25, 0.3) is 23.1 Å². The largest absolute Gasteiger partial charge is 0.507 e. The molecule has 0 saturated carbocycles. The second-order valence-corrected chi connectivity index (χ2v) is 10.6. The predicted octanol–water partition coefficient (Wildman–Crippen LogP) is 8.18. The number of furan rings is 1. The average molecular weight is 549 g/mol. The second kappa shape index (κ2) is 11.3. The van der Waals surface area contributed by atoms with Crippen LogP contribution in [0.4, 0.5) is 0 Å². The lowest BCUT2D eigenvalue weighted by atomic mass is 9.92. The second-order valence-electron chi connectivity index (χ2n) is 10.6. The number of rotatable bonds is 9. The van der Waals surface area contributed by atoms with Gasteiger partial charge in [0.15, 0.2) is 11.5 Å². The summed E-state index contributed by atoms with van der Waals surface area (Å²) in [5.74, 6) is 0.534. The SMILES string of the molecule is COc1ccc(C(=O)c2cc3cc(/C=C/C(=O)c4c(O)ccc5c4OC(C)(CCC=C(C)C)C=C5)ccc3o2)cc1. The quantitative estimate of drug-likeness (QED) is 0.129. The third kappa shape index (κ3) is 6.02. The number of phenols is 1. The molecule has 1 aliphatic heterocycles. The number of methoxy groups -OCH3 is 1. The minimum absolute atomic E-state index is 0.132. The summed E-state index contributed by atoms with van der Waals surface area (Å²) in [7, 11) is 1.57. The van der Waals surface area contributed by atoms with E-state index in [4.69, 9.17) is 13.9 Å². The van der Waals surface area contributed by atoms with Crippen molar-refractivity contribution in [2.75, 3.05) is 7.11 Å². The van der Waals surface area contributed by atoms with E-state index < -0.39 is 5.60 Å². The number of phenolic OH excluding ortho intramolecular Hbond substituents is 1. The van der Waals surface area contributed by atoms with E-state index in [1.54, 1.807) is 61.7 Å². The molecule has 5 rings (SSSR count). The van der Waals surface area contributed by atoms with Crippen molar-refractivity contribution in [1.29, 1.82) is 0 Å². The van der Waals surface area contributed by atoms with E-state index in [1.807, 2.05) is 25.1 Å². The third-order valence-corrected chi connectivity index (χ3v) is 7.10. The lowest BCUT2D eigenvalue weighted by Crippen LogP contribution is -2.32. The first-order chi connectivity index (χ1) is 19.7. The molecule has 1 unspecified atom stereocenters. The van der Waals surface area contributed by atoms with Gasteiger partial charge < -0.3 is 19.0 Å². The maximum atomic E-state index is 13.4. The van der Waals surface area contributed by atoms with Crippen molar-refractivity contribution < 1.29 is 28.6 Å². The molecule has 0 fully saturated rings. The summed E-state index contributed by atoms with van der Waals surface area (Å²) in [6, 6.07) is 17.2. The van der Waals surface area contributed by atoms with Crippen LogP contribution in [-0.2, 0) is 0 Å². The maximum absolute atomic E-state index is 13.4. The number of benzene rings is 3. The Morgan fingerprint density at radius 1 is 1.02 bits per heavy atom. The number of aromatic hydroxyl groups is 1. The van der Waals surface area contributed by atoms with Gasteiger partial charge in [0.25, 0.3) is 0 Å². The zero-order valence-corrected chi connectivity index (χ0v) is 23.6. The molecule has 41 heavy (non-hydrogen) atoms. The predicted molar refractivity (Wildman–Crippen MR) is 161 cm³/mol. The fourth-order valence-electron chi connectivity index (χ4n) is 4.80. The number of allylic oxidation sites excluding steroid dienone is 3. The molecular weight excluding hydrogens is 516 g/mol. The third-order valence-electron chi connectivity index (χ3n) is 7.10. The van der Waals surface area contributed by atoms with E-state index in [2.05, 4.69) is 19.9 Å². The van der Waals surface area contributed by atoms with Crippen LogP contribution in [0.5, 0.6) is 17.2 Å². The summed E-state index contributed by atoms with van der Waals surface area (Å²) >= 11 is 0. The molecule has 0 bridgehead atoms. The van der Waals surface area contributed by atoms with Crippen LogP contribution in [0.15, 0.2) is 88.9 Å². The van der Waals surface area contributed by atoms with Gasteiger partial charge in [0.2, 0.25) is 5.78 Å². The first-order valence-corrected chi connectivity index (χ1v) is 13.5. The Labute approximate surface area is 239 Å². The molecule has 6 heteroatoms. The molecule has 0 aliphatic carbocycles. The zero-order chi connectivity index (χ0) is 29.1. The van der Waals surface area contributed by atoms with Gasteiger partial charge in [-0.1, -0.05) is 29.9 Å². The molecular formula is C35H32O6. The Morgan fingerprint density at radius 2 is 1.80 bits per heavy atom. The van der Waals surface area contributed by atoms with Gasteiger partial charge >= 0.3 is 0 Å². The topological polar surface area (TPSA) is 86.0 Å². The van der Waals surface area contributed by atoms with Crippen LogP contribution in [0.2, 0.25) is 0 Å². The molecule has 1 N–H and O–H groups in total. The molecule has 1 atom stereocenters. The van der Waals surface area contributed by atoms with Crippen LogP contribution >= 0.6 is 0 Å². The van der Waals surface area contributed by atoms with Crippen LogP contribution in [0.3, 0.4) is 0 Å². The van der Waals surface area contributed by atoms with E-state index in [-0.39, 0.29) is 28.6 Å². The molecule has 208 valence electrons. The van der Waals surface area contributed by atoms with E-state index in [0.717, 1.165) is 29.4 Å². The Hall–Kier alpha value is -4.84. The van der Waals surface area contributed by atoms with Crippen molar-refractivity contribution in [1.82, 2.24) is 0 Å². The first-order valence-electron chi connectivity index (χ1n) is 13.5. The molecule has 4 aromatic rings. The van der Waals surface area contributed by atoms with Crippen molar-refractivity contribution in [3.63, 3.8) is 0 Å². The molecule has 3 aromatic carbocycles. The summed E-state index contributed by atoms with van der Waals surface area (Å²) in [6.45, 7) is 6.09. The van der Waals surface area contributed by atoms with Gasteiger partial charge in [0.1, 0.15) is 34.0 Å². The summed E-state index contributed by atoms with van der Waals surface area (Å²) in [5, 5.41) is 11.4. The van der Waals surface area contributed by atoms with Gasteiger partial charge in [-0.25, -0.2) is 0 Å². The van der Waals surface area contributed by atoms with Gasteiger partial charge in [0, 0.05) is 16.5 Å². The molecule has 2 heterocycles. The van der Waals surface area contributed by atoms with Gasteiger partial charge in [-0.05, 0) is 106 Å². The van der Waals surface area contributed by atoms with Crippen LogP contribution in [0, 0.1) is 0 Å². The standard InChI is InChI=1S/C35H32O6/c1-22(2)6-5-18-35(3)19-17-25-11-15-29(37)32(34(25)41-35)28(36)14-7-23-8-16-30-26(20-23)21-31(40-30)33(38)24-9-12-27(39-4)13-10-24/h6-17,19-21,37H,5,18H2,1-4H3/b14-7+. The highest BCUT2D eigenvalue weighted by Crippen LogP contribution is 2.40. The molecule has 0 radical (unpaired) electrons. The number of carbonyl (C=O) groups is 2. The smallest absolute Gasteiger partial charge is 0.228 e. The Morgan fingerprint density at radius 3 is 2.54 bits per heavy atom. The summed E-state index contributed by atoms with van der Waals surface area (Å²) < 4.78 is 17.3. The van der Waals surface area contributed by atoms with E-state index in [1.165, 1.54) is 17.7 Å². The monoisotopic (exact) mass is 548 g/mol. The van der Waals surface area contributed by atoms with Gasteiger partial charge in [-0.3, -0.25) is 9.59 Å². The molecule has 0 spiro atoms. The molecule has 0 amide bonds. The zero-order valence-electron chi connectivity index (χ0n) is 23.6. The molecule has 0 saturated heterocycles. The number of carbonyl (C=O) groups excluding carboxylic acids is 2. The average Bonchev–Trinajstić information content (AvgIpc) is 3.39. The van der Waals surface area contributed by atoms with Gasteiger partial charge in [0.05, 0.1) is 7.11 Å². The maximum Gasteiger partial charge on any atom is 0.228 e. The van der Waals surface area contributed by atoms with Crippen molar-refractivity contribution >= 4 is 34.7 Å². The number of ether oxygens (including phenoxy) is 2. The molecule has 6 nitrogen and oxygen atoms in total. The van der Waals surface area contributed by atoms with Crippen molar-refractivity contribution in [3.8, 4) is 17.2 Å². The number of ketones is 2. The summed E-state index contributed by atoms with van der Waals surface area (Å²) in [4.78, 5) is 26.3. The van der Waals surface area contributed by atoms with Gasteiger partial charge in [-0.2, -0.15) is 0 Å². The van der Waals surface area contributed by atoms with Crippen LogP contribution in [-0.4, -0.2) is 29.4 Å². The van der Waals surface area contributed by atoms with E-state index in [9.17, 15) is 14.7 Å². The summed E-state index contributed by atoms with van der Waals surface area (Å²) in [5.41, 5.74) is 3.31. The van der Waals surface area contributed by atoms with Crippen LogP contribution < -0.4 is 9.47 Å². The molecule has 1 aliphatic rings. The minimum Gasteiger partial charge on any atom is -0.507 e. The molecule has 1 aromatic heterocycles. The van der Waals surface area contributed by atoms with Gasteiger partial charge in [-0.15, -0.1) is 0 Å². The highest BCUT2D eigenvalue weighted by Gasteiger charge is 2.31. The lowest BCUT2D eigenvalue weighted by molar-refractivity contribution is 0.100.